The van der Waals surface area contributed by atoms with Crippen LogP contribution in [0.15, 0.2) is 18.2 Å². The Morgan fingerprint density at radius 3 is 2.40 bits per heavy atom. The van der Waals surface area contributed by atoms with E-state index >= 15 is 0 Å². The van der Waals surface area contributed by atoms with E-state index in [4.69, 9.17) is 0 Å². The highest BCUT2D eigenvalue weighted by molar-refractivity contribution is 7.88. The molecular formula is C10H9F3O6S. The van der Waals surface area contributed by atoms with Gasteiger partial charge >= 0.3 is 15.6 Å². The Bertz CT molecular complexity index is 596. The first-order valence-corrected chi connectivity index (χ1v) is 6.34. The summed E-state index contributed by atoms with van der Waals surface area (Å²) in [4.78, 5) is 10.7. The standard InChI is InChI=1S/C10H9F3O6S/c1-18-9(15)6-2-3-8(7(4-6)5-14)19-20(16,17)10(11,12)13/h2-5,9,15H,1H3. The molecule has 20 heavy (non-hydrogen) atoms. The largest absolute Gasteiger partial charge is 0.534 e. The molecule has 0 saturated carbocycles. The number of methoxy groups -OCH3 is 1. The molecule has 0 spiro atoms. The zero-order valence-corrected chi connectivity index (χ0v) is 10.7. The molecular weight excluding hydrogens is 305 g/mol. The molecule has 0 bridgehead atoms. The number of carbonyl (C=O) groups is 1. The van der Waals surface area contributed by atoms with Gasteiger partial charge in [0.15, 0.2) is 18.3 Å². The molecule has 1 aromatic carbocycles. The summed E-state index contributed by atoms with van der Waals surface area (Å²) in [5.74, 6) is -0.802. The molecule has 0 radical (unpaired) electrons. The van der Waals surface area contributed by atoms with Gasteiger partial charge in [-0.25, -0.2) is 0 Å². The summed E-state index contributed by atoms with van der Waals surface area (Å²) < 4.78 is 66.5. The van der Waals surface area contributed by atoms with Crippen LogP contribution in [0.25, 0.3) is 0 Å². The van der Waals surface area contributed by atoms with Crippen LogP contribution in [0, 0.1) is 0 Å². The lowest BCUT2D eigenvalue weighted by molar-refractivity contribution is -0.0769. The van der Waals surface area contributed by atoms with Gasteiger partial charge in [-0.15, -0.1) is 0 Å². The molecule has 0 aliphatic carbocycles. The third-order valence-electron chi connectivity index (χ3n) is 2.15. The number of rotatable bonds is 5. The van der Waals surface area contributed by atoms with E-state index in [1.165, 1.54) is 0 Å². The van der Waals surface area contributed by atoms with Gasteiger partial charge in [-0.05, 0) is 12.1 Å². The summed E-state index contributed by atoms with van der Waals surface area (Å²) >= 11 is 0. The molecule has 0 heterocycles. The van der Waals surface area contributed by atoms with Gasteiger partial charge in [0.2, 0.25) is 0 Å². The smallest absolute Gasteiger partial charge is 0.375 e. The molecule has 0 saturated heterocycles. The van der Waals surface area contributed by atoms with Crippen LogP contribution in [-0.2, 0) is 14.9 Å². The zero-order chi connectivity index (χ0) is 15.6. The quantitative estimate of drug-likeness (QED) is 0.382. The lowest BCUT2D eigenvalue weighted by atomic mass is 10.1. The molecule has 6 nitrogen and oxygen atoms in total. The summed E-state index contributed by atoms with van der Waals surface area (Å²) in [6.45, 7) is 0. The number of halogens is 3. The highest BCUT2D eigenvalue weighted by atomic mass is 32.2. The molecule has 1 N–H and O–H groups in total. The van der Waals surface area contributed by atoms with Crippen molar-refractivity contribution < 1.29 is 40.4 Å². The summed E-state index contributed by atoms with van der Waals surface area (Å²) in [7, 11) is -4.72. The van der Waals surface area contributed by atoms with Gasteiger partial charge in [-0.1, -0.05) is 6.07 Å². The number of aldehydes is 1. The van der Waals surface area contributed by atoms with E-state index in [2.05, 4.69) is 8.92 Å². The van der Waals surface area contributed by atoms with Gasteiger partial charge in [0, 0.05) is 12.7 Å². The van der Waals surface area contributed by atoms with E-state index in [-0.39, 0.29) is 11.8 Å². The maximum Gasteiger partial charge on any atom is 0.534 e. The van der Waals surface area contributed by atoms with Crippen molar-refractivity contribution in [1.29, 1.82) is 0 Å². The van der Waals surface area contributed by atoms with Crippen molar-refractivity contribution in [2.75, 3.05) is 7.11 Å². The zero-order valence-electron chi connectivity index (χ0n) is 9.92. The van der Waals surface area contributed by atoms with Gasteiger partial charge in [0.1, 0.15) is 0 Å². The number of aliphatic hydroxyl groups is 1. The number of ether oxygens (including phenoxy) is 1. The molecule has 1 atom stereocenters. The fourth-order valence-corrected chi connectivity index (χ4v) is 1.67. The number of hydrogen-bond acceptors (Lipinski definition) is 6. The predicted molar refractivity (Wildman–Crippen MR) is 59.4 cm³/mol. The summed E-state index contributed by atoms with van der Waals surface area (Å²) in [5.41, 5.74) is -6.05. The van der Waals surface area contributed by atoms with Crippen molar-refractivity contribution in [3.05, 3.63) is 29.3 Å². The minimum atomic E-state index is -5.87. The molecule has 10 heteroatoms. The van der Waals surface area contributed by atoms with E-state index in [9.17, 15) is 31.5 Å². The molecule has 0 aliphatic rings. The highest BCUT2D eigenvalue weighted by Crippen LogP contribution is 2.29. The first kappa shape index (κ1) is 16.4. The van der Waals surface area contributed by atoms with Crippen LogP contribution in [0.1, 0.15) is 22.2 Å². The third-order valence-corrected chi connectivity index (χ3v) is 3.12. The lowest BCUT2D eigenvalue weighted by Gasteiger charge is -2.13. The molecule has 1 unspecified atom stereocenters. The van der Waals surface area contributed by atoms with Crippen LogP contribution in [0.3, 0.4) is 0 Å². The number of hydrogen-bond donors (Lipinski definition) is 1. The Labute approximate surface area is 111 Å². The van der Waals surface area contributed by atoms with Gasteiger partial charge in [0.05, 0.1) is 5.56 Å². The van der Waals surface area contributed by atoms with E-state index in [1.807, 2.05) is 0 Å². The Morgan fingerprint density at radius 1 is 1.35 bits per heavy atom. The van der Waals surface area contributed by atoms with Crippen molar-refractivity contribution in [3.8, 4) is 5.75 Å². The summed E-state index contributed by atoms with van der Waals surface area (Å²) in [5, 5.41) is 9.32. The van der Waals surface area contributed by atoms with Crippen LogP contribution >= 0.6 is 0 Å². The molecule has 1 rings (SSSR count). The van der Waals surface area contributed by atoms with Gasteiger partial charge in [-0.2, -0.15) is 21.6 Å². The fraction of sp³-hybridized carbons (Fsp3) is 0.300. The minimum absolute atomic E-state index is 0.0476. The molecule has 0 amide bonds. The Balaban J connectivity index is 3.18. The van der Waals surface area contributed by atoms with Crippen LogP contribution in [0.4, 0.5) is 13.2 Å². The normalized spacial score (nSPS) is 13.8. The van der Waals surface area contributed by atoms with E-state index in [0.29, 0.717) is 0 Å². The second-order valence-electron chi connectivity index (χ2n) is 3.49. The predicted octanol–water partition coefficient (Wildman–Crippen LogP) is 1.36. The first-order chi connectivity index (χ1) is 9.12. The second-order valence-corrected chi connectivity index (χ2v) is 5.02. The Morgan fingerprint density at radius 2 is 1.95 bits per heavy atom. The van der Waals surface area contributed by atoms with Crippen LogP contribution in [0.2, 0.25) is 0 Å². The highest BCUT2D eigenvalue weighted by Gasteiger charge is 2.48. The van der Waals surface area contributed by atoms with E-state index < -0.39 is 33.2 Å². The average molecular weight is 314 g/mol. The van der Waals surface area contributed by atoms with E-state index in [1.54, 1.807) is 0 Å². The van der Waals surface area contributed by atoms with E-state index in [0.717, 1.165) is 25.3 Å². The maximum absolute atomic E-state index is 12.2. The monoisotopic (exact) mass is 314 g/mol. The molecule has 1 aromatic rings. The van der Waals surface area contributed by atoms with Crippen LogP contribution in [0.5, 0.6) is 5.75 Å². The molecule has 0 aromatic heterocycles. The fourth-order valence-electron chi connectivity index (χ4n) is 1.19. The third kappa shape index (κ3) is 3.46. The van der Waals surface area contributed by atoms with Crippen molar-refractivity contribution in [1.82, 2.24) is 0 Å². The van der Waals surface area contributed by atoms with Crippen molar-refractivity contribution in [3.63, 3.8) is 0 Å². The van der Waals surface area contributed by atoms with Gasteiger partial charge in [0.25, 0.3) is 0 Å². The molecule has 0 aliphatic heterocycles. The van der Waals surface area contributed by atoms with Crippen molar-refractivity contribution >= 4 is 16.4 Å². The van der Waals surface area contributed by atoms with Crippen LogP contribution in [-0.4, -0.2) is 32.4 Å². The van der Waals surface area contributed by atoms with Crippen molar-refractivity contribution in [2.45, 2.75) is 11.8 Å². The number of carbonyl (C=O) groups excluding carboxylic acids is 1. The van der Waals surface area contributed by atoms with Crippen molar-refractivity contribution in [2.24, 2.45) is 0 Å². The van der Waals surface area contributed by atoms with Gasteiger partial charge < -0.3 is 14.0 Å². The topological polar surface area (TPSA) is 89.9 Å². The Hall–Kier alpha value is -1.65. The first-order valence-electron chi connectivity index (χ1n) is 4.93. The average Bonchev–Trinajstić information content (AvgIpc) is 2.36. The second kappa shape index (κ2) is 5.77. The van der Waals surface area contributed by atoms with Crippen LogP contribution < -0.4 is 4.18 Å². The molecule has 0 fully saturated rings. The Kier molecular flexibility index (Phi) is 4.73. The minimum Gasteiger partial charge on any atom is -0.375 e. The number of benzene rings is 1. The lowest BCUT2D eigenvalue weighted by Crippen LogP contribution is -2.28. The summed E-state index contributed by atoms with van der Waals surface area (Å²) in [6.07, 6.45) is -1.32. The molecule has 112 valence electrons. The number of aliphatic hydroxyl groups excluding tert-OH is 1. The van der Waals surface area contributed by atoms with Gasteiger partial charge in [-0.3, -0.25) is 4.79 Å². The number of alkyl halides is 3. The maximum atomic E-state index is 12.2. The summed E-state index contributed by atoms with van der Waals surface area (Å²) in [6, 6.07) is 2.81. The SMILES string of the molecule is COC(O)c1ccc(OS(=O)(=O)C(F)(F)F)c(C=O)c1.